The van der Waals surface area contributed by atoms with Crippen LogP contribution in [0.5, 0.6) is 0 Å². The van der Waals surface area contributed by atoms with Gasteiger partial charge in [0.05, 0.1) is 4.92 Å². The van der Waals surface area contributed by atoms with E-state index in [4.69, 9.17) is 0 Å². The topological polar surface area (TPSA) is 63.5 Å². The van der Waals surface area contributed by atoms with Gasteiger partial charge in [-0.05, 0) is 19.4 Å². The van der Waals surface area contributed by atoms with Gasteiger partial charge in [-0.15, -0.1) is 0 Å². The smallest absolute Gasteiger partial charge is 0.285 e. The van der Waals surface area contributed by atoms with Gasteiger partial charge in [-0.2, -0.15) is 0 Å². The molecule has 0 heterocycles. The van der Waals surface area contributed by atoms with Crippen molar-refractivity contribution in [2.75, 3.05) is 13.6 Å². The molecule has 5 heteroatoms. The fourth-order valence-corrected chi connectivity index (χ4v) is 1.78. The third-order valence-electron chi connectivity index (χ3n) is 2.84. The molecule has 0 spiro atoms. The first-order valence-corrected chi connectivity index (χ1v) is 5.98. The fourth-order valence-electron chi connectivity index (χ4n) is 1.78. The zero-order valence-electron chi connectivity index (χ0n) is 11.0. The van der Waals surface area contributed by atoms with E-state index < -0.39 is 4.92 Å². The minimum absolute atomic E-state index is 0.0918. The van der Waals surface area contributed by atoms with E-state index >= 15 is 0 Å². The number of unbranched alkanes of at least 4 members (excludes halogenated alkanes) is 1. The predicted molar refractivity (Wildman–Crippen MR) is 69.7 cm³/mol. The van der Waals surface area contributed by atoms with Crippen LogP contribution >= 0.6 is 0 Å². The Balaban J connectivity index is 3.05. The lowest BCUT2D eigenvalue weighted by Gasteiger charge is -2.17. The number of carbonyl (C=O) groups is 1. The molecule has 1 aromatic carbocycles. The van der Waals surface area contributed by atoms with E-state index in [1.54, 1.807) is 26.1 Å². The zero-order valence-corrected chi connectivity index (χ0v) is 11.0. The van der Waals surface area contributed by atoms with Crippen molar-refractivity contribution in [1.29, 1.82) is 0 Å². The molecule has 0 unspecified atom stereocenters. The summed E-state index contributed by atoms with van der Waals surface area (Å²) < 4.78 is 0. The van der Waals surface area contributed by atoms with Crippen molar-refractivity contribution < 1.29 is 9.72 Å². The molecule has 0 fully saturated rings. The first kappa shape index (κ1) is 14.2. The van der Waals surface area contributed by atoms with E-state index in [1.165, 1.54) is 11.0 Å². The average Bonchev–Trinajstić information content (AvgIpc) is 2.34. The zero-order chi connectivity index (χ0) is 13.7. The molecule has 1 amide bonds. The van der Waals surface area contributed by atoms with E-state index in [0.717, 1.165) is 12.8 Å². The highest BCUT2D eigenvalue weighted by atomic mass is 16.6. The fraction of sp³-hybridized carbons (Fsp3) is 0.462. The summed E-state index contributed by atoms with van der Waals surface area (Å²) in [5.41, 5.74) is 0.583. The Morgan fingerprint density at radius 1 is 1.44 bits per heavy atom. The molecule has 1 aromatic rings. The van der Waals surface area contributed by atoms with Crippen LogP contribution < -0.4 is 0 Å². The highest BCUT2D eigenvalue weighted by molar-refractivity contribution is 5.98. The average molecular weight is 250 g/mol. The summed E-state index contributed by atoms with van der Waals surface area (Å²) in [6.45, 7) is 4.29. The highest BCUT2D eigenvalue weighted by Gasteiger charge is 2.24. The largest absolute Gasteiger partial charge is 0.341 e. The van der Waals surface area contributed by atoms with E-state index in [0.29, 0.717) is 12.1 Å². The summed E-state index contributed by atoms with van der Waals surface area (Å²) >= 11 is 0. The number of para-hydroxylation sites is 1. The molecule has 1 rings (SSSR count). The maximum Gasteiger partial charge on any atom is 0.285 e. The van der Waals surface area contributed by atoms with Crippen molar-refractivity contribution in [1.82, 2.24) is 4.90 Å². The summed E-state index contributed by atoms with van der Waals surface area (Å²) in [7, 11) is 1.67. The third-order valence-corrected chi connectivity index (χ3v) is 2.84. The van der Waals surface area contributed by atoms with Crippen LogP contribution in [0.15, 0.2) is 18.2 Å². The Morgan fingerprint density at radius 2 is 2.11 bits per heavy atom. The van der Waals surface area contributed by atoms with Crippen LogP contribution in [0.1, 0.15) is 35.7 Å². The van der Waals surface area contributed by atoms with Crippen LogP contribution in [0.2, 0.25) is 0 Å². The Labute approximate surface area is 107 Å². The first-order chi connectivity index (χ1) is 8.49. The van der Waals surface area contributed by atoms with Gasteiger partial charge in [-0.25, -0.2) is 0 Å². The highest BCUT2D eigenvalue weighted by Crippen LogP contribution is 2.24. The summed E-state index contributed by atoms with van der Waals surface area (Å²) in [6, 6.07) is 4.82. The van der Waals surface area contributed by atoms with Crippen molar-refractivity contribution in [2.45, 2.75) is 26.7 Å². The van der Waals surface area contributed by atoms with Crippen molar-refractivity contribution in [2.24, 2.45) is 0 Å². The number of nitro groups is 1. The molecule has 0 N–H and O–H groups in total. The molecule has 0 saturated heterocycles. The lowest BCUT2D eigenvalue weighted by Crippen LogP contribution is -2.28. The van der Waals surface area contributed by atoms with Crippen LogP contribution in [-0.2, 0) is 0 Å². The molecule has 0 aliphatic heterocycles. The molecule has 0 radical (unpaired) electrons. The van der Waals surface area contributed by atoms with Gasteiger partial charge in [0.1, 0.15) is 5.56 Å². The molecule has 0 atom stereocenters. The van der Waals surface area contributed by atoms with Crippen molar-refractivity contribution >= 4 is 11.6 Å². The number of hydrogen-bond acceptors (Lipinski definition) is 3. The molecule has 0 aliphatic carbocycles. The second-order valence-corrected chi connectivity index (χ2v) is 4.31. The van der Waals surface area contributed by atoms with Gasteiger partial charge in [0.15, 0.2) is 0 Å². The van der Waals surface area contributed by atoms with Gasteiger partial charge in [0.2, 0.25) is 0 Å². The SMILES string of the molecule is CCCCN(C)C(=O)c1cccc(C)c1[N+](=O)[O-]. The minimum atomic E-state index is -0.490. The van der Waals surface area contributed by atoms with E-state index in [-0.39, 0.29) is 17.2 Å². The van der Waals surface area contributed by atoms with E-state index in [2.05, 4.69) is 0 Å². The standard InChI is InChI=1S/C13H18N2O3/c1-4-5-9-14(3)13(16)11-8-6-7-10(2)12(11)15(17)18/h6-8H,4-5,9H2,1-3H3. The normalized spacial score (nSPS) is 10.2. The molecule has 18 heavy (non-hydrogen) atoms. The second kappa shape index (κ2) is 6.14. The van der Waals surface area contributed by atoms with Gasteiger partial charge in [0, 0.05) is 19.2 Å². The third kappa shape index (κ3) is 3.06. The van der Waals surface area contributed by atoms with Crippen molar-refractivity contribution in [3.05, 3.63) is 39.4 Å². The Bertz CT molecular complexity index is 458. The Morgan fingerprint density at radius 3 is 2.67 bits per heavy atom. The number of amides is 1. The minimum Gasteiger partial charge on any atom is -0.341 e. The van der Waals surface area contributed by atoms with Crippen LogP contribution in [0.3, 0.4) is 0 Å². The van der Waals surface area contributed by atoms with Gasteiger partial charge < -0.3 is 4.90 Å². The lowest BCUT2D eigenvalue weighted by atomic mass is 10.1. The van der Waals surface area contributed by atoms with Crippen molar-refractivity contribution in [3.8, 4) is 0 Å². The summed E-state index contributed by atoms with van der Waals surface area (Å²) in [4.78, 5) is 24.2. The first-order valence-electron chi connectivity index (χ1n) is 5.98. The molecule has 5 nitrogen and oxygen atoms in total. The number of aryl methyl sites for hydroxylation is 1. The van der Waals surface area contributed by atoms with Crippen LogP contribution in [0, 0.1) is 17.0 Å². The predicted octanol–water partition coefficient (Wildman–Crippen LogP) is 2.78. The van der Waals surface area contributed by atoms with Crippen LogP contribution in [-0.4, -0.2) is 29.3 Å². The number of hydrogen-bond donors (Lipinski definition) is 0. The van der Waals surface area contributed by atoms with Gasteiger partial charge >= 0.3 is 0 Å². The molecular formula is C13H18N2O3. The molecular weight excluding hydrogens is 232 g/mol. The van der Waals surface area contributed by atoms with Gasteiger partial charge in [0.25, 0.3) is 11.6 Å². The summed E-state index contributed by atoms with van der Waals surface area (Å²) in [5, 5.41) is 11.0. The Hall–Kier alpha value is -1.91. The van der Waals surface area contributed by atoms with Crippen LogP contribution in [0.4, 0.5) is 5.69 Å². The monoisotopic (exact) mass is 250 g/mol. The number of rotatable bonds is 5. The number of benzene rings is 1. The van der Waals surface area contributed by atoms with Gasteiger partial charge in [-0.1, -0.05) is 25.5 Å². The molecule has 98 valence electrons. The maximum absolute atomic E-state index is 12.1. The number of nitro benzene ring substituents is 1. The lowest BCUT2D eigenvalue weighted by molar-refractivity contribution is -0.385. The summed E-state index contributed by atoms with van der Waals surface area (Å²) in [5.74, 6) is -0.293. The van der Waals surface area contributed by atoms with E-state index in [1.807, 2.05) is 6.92 Å². The Kier molecular flexibility index (Phi) is 4.83. The number of carbonyl (C=O) groups excluding carboxylic acids is 1. The molecule has 0 aliphatic rings. The molecule has 0 saturated carbocycles. The van der Waals surface area contributed by atoms with Crippen LogP contribution in [0.25, 0.3) is 0 Å². The van der Waals surface area contributed by atoms with Crippen molar-refractivity contribution in [3.63, 3.8) is 0 Å². The maximum atomic E-state index is 12.1. The summed E-state index contributed by atoms with van der Waals surface area (Å²) in [6.07, 6.45) is 1.87. The quantitative estimate of drug-likeness (QED) is 0.596. The molecule has 0 bridgehead atoms. The second-order valence-electron chi connectivity index (χ2n) is 4.31. The molecule has 0 aromatic heterocycles. The number of nitrogens with zero attached hydrogens (tertiary/aromatic N) is 2. The van der Waals surface area contributed by atoms with Gasteiger partial charge in [-0.3, -0.25) is 14.9 Å². The van der Waals surface area contributed by atoms with E-state index in [9.17, 15) is 14.9 Å².